The van der Waals surface area contributed by atoms with Crippen LogP contribution in [0.2, 0.25) is 0 Å². The van der Waals surface area contributed by atoms with Crippen LogP contribution in [0.1, 0.15) is 21.7 Å². The molecule has 0 spiro atoms. The number of benzene rings is 2. The van der Waals surface area contributed by atoms with E-state index in [4.69, 9.17) is 9.47 Å². The number of carbonyl (C=O) groups is 2. The van der Waals surface area contributed by atoms with E-state index in [2.05, 4.69) is 27.4 Å². The van der Waals surface area contributed by atoms with E-state index in [9.17, 15) is 9.59 Å². The maximum Gasteiger partial charge on any atom is 0.251 e. The number of allylic oxidation sites excluding steroid dienone is 1. The molecule has 1 aromatic heterocycles. The lowest BCUT2D eigenvalue weighted by atomic mass is 10.2. The quantitative estimate of drug-likeness (QED) is 0.319. The molecule has 0 aliphatic rings. The molecule has 34 heavy (non-hydrogen) atoms. The van der Waals surface area contributed by atoms with Crippen LogP contribution in [0.15, 0.2) is 60.3 Å². The standard InChI is InChI=1S/C24H27N5O4S/c1-5-11-29-21(14-25-23(31)17-9-10-19(32-3)20(13-17)33-4)27-28-24(29)34-15-22(30)26-18-8-6-7-16(2)12-18/h5-10,12-13H,1,11,14-15H2,2-4H3,(H,25,31)(H,26,30). The number of thioether (sulfide) groups is 1. The van der Waals surface area contributed by atoms with E-state index in [1.165, 1.54) is 26.0 Å². The van der Waals surface area contributed by atoms with Gasteiger partial charge < -0.3 is 24.7 Å². The first-order valence-corrected chi connectivity index (χ1v) is 11.5. The highest BCUT2D eigenvalue weighted by molar-refractivity contribution is 7.99. The Kier molecular flexibility index (Phi) is 8.69. The van der Waals surface area contributed by atoms with Crippen LogP contribution in [0.25, 0.3) is 0 Å². The van der Waals surface area contributed by atoms with E-state index >= 15 is 0 Å². The Labute approximate surface area is 202 Å². The van der Waals surface area contributed by atoms with Crippen LogP contribution in [-0.2, 0) is 17.9 Å². The summed E-state index contributed by atoms with van der Waals surface area (Å²) < 4.78 is 12.3. The molecule has 0 unspecified atom stereocenters. The van der Waals surface area contributed by atoms with Crippen molar-refractivity contribution in [1.82, 2.24) is 20.1 Å². The van der Waals surface area contributed by atoms with Gasteiger partial charge in [0.2, 0.25) is 5.91 Å². The van der Waals surface area contributed by atoms with E-state index < -0.39 is 0 Å². The van der Waals surface area contributed by atoms with Crippen molar-refractivity contribution in [2.75, 3.05) is 25.3 Å². The van der Waals surface area contributed by atoms with Crippen LogP contribution < -0.4 is 20.1 Å². The summed E-state index contributed by atoms with van der Waals surface area (Å²) in [5.41, 5.74) is 2.24. The third-order valence-electron chi connectivity index (χ3n) is 4.79. The van der Waals surface area contributed by atoms with Gasteiger partial charge in [-0.05, 0) is 42.8 Å². The predicted molar refractivity (Wildman–Crippen MR) is 131 cm³/mol. The molecule has 0 aliphatic heterocycles. The van der Waals surface area contributed by atoms with Gasteiger partial charge in [-0.15, -0.1) is 16.8 Å². The number of amides is 2. The minimum absolute atomic E-state index is 0.146. The monoisotopic (exact) mass is 481 g/mol. The van der Waals surface area contributed by atoms with Crippen molar-refractivity contribution in [3.63, 3.8) is 0 Å². The van der Waals surface area contributed by atoms with Crippen LogP contribution in [-0.4, -0.2) is 46.6 Å². The fourth-order valence-corrected chi connectivity index (χ4v) is 3.92. The summed E-state index contributed by atoms with van der Waals surface area (Å²) in [6.07, 6.45) is 1.71. The third-order valence-corrected chi connectivity index (χ3v) is 5.76. The molecular formula is C24H27N5O4S. The summed E-state index contributed by atoms with van der Waals surface area (Å²) in [7, 11) is 3.05. The highest BCUT2D eigenvalue weighted by Gasteiger charge is 2.16. The number of aromatic nitrogens is 3. The lowest BCUT2D eigenvalue weighted by Gasteiger charge is -2.11. The number of rotatable bonds is 11. The summed E-state index contributed by atoms with van der Waals surface area (Å²) >= 11 is 1.27. The average molecular weight is 482 g/mol. The van der Waals surface area contributed by atoms with Gasteiger partial charge in [0, 0.05) is 17.8 Å². The van der Waals surface area contributed by atoms with Crippen molar-refractivity contribution in [1.29, 1.82) is 0 Å². The highest BCUT2D eigenvalue weighted by atomic mass is 32.2. The van der Waals surface area contributed by atoms with E-state index in [1.54, 1.807) is 24.3 Å². The Morgan fingerprint density at radius 2 is 1.91 bits per heavy atom. The van der Waals surface area contributed by atoms with Crippen LogP contribution >= 0.6 is 11.8 Å². The number of anilines is 1. The van der Waals surface area contributed by atoms with Gasteiger partial charge in [0.05, 0.1) is 26.5 Å². The molecule has 3 rings (SSSR count). The van der Waals surface area contributed by atoms with E-state index in [-0.39, 0.29) is 24.1 Å². The number of nitrogens with one attached hydrogen (secondary N) is 2. The smallest absolute Gasteiger partial charge is 0.251 e. The average Bonchev–Trinajstić information content (AvgIpc) is 3.22. The Hall–Kier alpha value is -3.79. The molecule has 2 N–H and O–H groups in total. The van der Waals surface area contributed by atoms with Gasteiger partial charge in [0.15, 0.2) is 22.5 Å². The fourth-order valence-electron chi connectivity index (χ4n) is 3.16. The number of hydrogen-bond acceptors (Lipinski definition) is 7. The molecule has 0 atom stereocenters. The lowest BCUT2D eigenvalue weighted by molar-refractivity contribution is -0.113. The van der Waals surface area contributed by atoms with Crippen molar-refractivity contribution in [3.8, 4) is 11.5 Å². The number of hydrogen-bond donors (Lipinski definition) is 2. The summed E-state index contributed by atoms with van der Waals surface area (Å²) in [6.45, 7) is 6.34. The first-order valence-electron chi connectivity index (χ1n) is 10.5. The molecule has 0 fully saturated rings. The van der Waals surface area contributed by atoms with E-state index in [0.29, 0.717) is 34.6 Å². The Morgan fingerprint density at radius 3 is 2.62 bits per heavy atom. The zero-order chi connectivity index (χ0) is 24.5. The maximum absolute atomic E-state index is 12.6. The molecule has 2 amide bonds. The zero-order valence-corrected chi connectivity index (χ0v) is 20.1. The van der Waals surface area contributed by atoms with Crippen molar-refractivity contribution >= 4 is 29.3 Å². The first-order chi connectivity index (χ1) is 16.4. The topological polar surface area (TPSA) is 107 Å². The normalized spacial score (nSPS) is 10.4. The Morgan fingerprint density at radius 1 is 1.12 bits per heavy atom. The third kappa shape index (κ3) is 6.38. The number of aryl methyl sites for hydroxylation is 1. The molecule has 178 valence electrons. The van der Waals surface area contributed by atoms with Crippen molar-refractivity contribution in [2.45, 2.75) is 25.2 Å². The van der Waals surface area contributed by atoms with Gasteiger partial charge in [-0.1, -0.05) is 30.0 Å². The van der Waals surface area contributed by atoms with Gasteiger partial charge in [-0.3, -0.25) is 9.59 Å². The Bertz CT molecular complexity index is 1180. The van der Waals surface area contributed by atoms with Crippen LogP contribution in [0.3, 0.4) is 0 Å². The minimum atomic E-state index is -0.291. The van der Waals surface area contributed by atoms with Gasteiger partial charge in [-0.25, -0.2) is 0 Å². The molecule has 0 aliphatic carbocycles. The van der Waals surface area contributed by atoms with Gasteiger partial charge in [0.1, 0.15) is 0 Å². The SMILES string of the molecule is C=CCn1c(CNC(=O)c2ccc(OC)c(OC)c2)nnc1SCC(=O)Nc1cccc(C)c1. The maximum atomic E-state index is 12.6. The van der Waals surface area contributed by atoms with Crippen LogP contribution in [0, 0.1) is 6.92 Å². The van der Waals surface area contributed by atoms with Crippen molar-refractivity contribution < 1.29 is 19.1 Å². The molecule has 9 nitrogen and oxygen atoms in total. The lowest BCUT2D eigenvalue weighted by Crippen LogP contribution is -2.25. The molecule has 0 saturated heterocycles. The number of carbonyl (C=O) groups excluding carboxylic acids is 2. The largest absolute Gasteiger partial charge is 0.493 e. The van der Waals surface area contributed by atoms with Crippen LogP contribution in [0.5, 0.6) is 11.5 Å². The van der Waals surface area contributed by atoms with Gasteiger partial charge >= 0.3 is 0 Å². The summed E-state index contributed by atoms with van der Waals surface area (Å²) in [4.78, 5) is 25.0. The minimum Gasteiger partial charge on any atom is -0.493 e. The molecule has 3 aromatic rings. The molecule has 0 bridgehead atoms. The summed E-state index contributed by atoms with van der Waals surface area (Å²) in [5.74, 6) is 1.29. The molecule has 2 aromatic carbocycles. The predicted octanol–water partition coefficient (Wildman–Crippen LogP) is 3.45. The van der Waals surface area contributed by atoms with Crippen LogP contribution in [0.4, 0.5) is 5.69 Å². The zero-order valence-electron chi connectivity index (χ0n) is 19.3. The first kappa shape index (κ1) is 24.8. The van der Waals surface area contributed by atoms with Gasteiger partial charge in [-0.2, -0.15) is 0 Å². The van der Waals surface area contributed by atoms with E-state index in [1.807, 2.05) is 35.8 Å². The number of ether oxygens (including phenoxy) is 2. The fraction of sp³-hybridized carbons (Fsp3) is 0.250. The molecule has 0 saturated carbocycles. The molecular weight excluding hydrogens is 454 g/mol. The number of nitrogens with zero attached hydrogens (tertiary/aromatic N) is 3. The second-order valence-electron chi connectivity index (χ2n) is 7.26. The Balaban J connectivity index is 1.62. The van der Waals surface area contributed by atoms with Gasteiger partial charge in [0.25, 0.3) is 5.91 Å². The van der Waals surface area contributed by atoms with E-state index in [0.717, 1.165) is 11.3 Å². The van der Waals surface area contributed by atoms with Crippen molar-refractivity contribution in [3.05, 3.63) is 72.1 Å². The summed E-state index contributed by atoms with van der Waals surface area (Å²) in [5, 5.41) is 14.7. The summed E-state index contributed by atoms with van der Waals surface area (Å²) in [6, 6.07) is 12.5. The molecule has 0 radical (unpaired) electrons. The highest BCUT2D eigenvalue weighted by Crippen LogP contribution is 2.27. The second-order valence-corrected chi connectivity index (χ2v) is 8.20. The second kappa shape index (κ2) is 11.9. The number of methoxy groups -OCH3 is 2. The molecule has 10 heteroatoms. The van der Waals surface area contributed by atoms with Crippen molar-refractivity contribution in [2.24, 2.45) is 0 Å². The molecule has 1 heterocycles.